The van der Waals surface area contributed by atoms with Crippen molar-refractivity contribution >= 4 is 22.6 Å². The van der Waals surface area contributed by atoms with Crippen molar-refractivity contribution in [3.05, 3.63) is 80.9 Å². The fourth-order valence-electron chi connectivity index (χ4n) is 6.05. The summed E-state index contributed by atoms with van der Waals surface area (Å²) in [5, 5.41) is 17.4. The van der Waals surface area contributed by atoms with Crippen molar-refractivity contribution in [2.24, 2.45) is 7.05 Å². The van der Waals surface area contributed by atoms with E-state index in [1.54, 1.807) is 35.9 Å². The van der Waals surface area contributed by atoms with Crippen LogP contribution in [0, 0.1) is 27.8 Å². The topological polar surface area (TPSA) is 142 Å². The van der Waals surface area contributed by atoms with Crippen molar-refractivity contribution in [2.45, 2.75) is 20.1 Å². The zero-order valence-electron chi connectivity index (χ0n) is 29.8. The molecule has 5 aromatic rings. The molecule has 0 N–H and O–H groups in total. The highest BCUT2D eigenvalue weighted by atomic mass is 19.1. The van der Waals surface area contributed by atoms with Gasteiger partial charge in [-0.15, -0.1) is 5.92 Å². The predicted molar refractivity (Wildman–Crippen MR) is 186 cm³/mol. The number of halogens is 1. The van der Waals surface area contributed by atoms with Crippen molar-refractivity contribution in [2.75, 3.05) is 49.6 Å². The summed E-state index contributed by atoms with van der Waals surface area (Å²) in [6.45, 7) is 2.02. The molecule has 0 spiro atoms. The van der Waals surface area contributed by atoms with Crippen LogP contribution in [0.15, 0.2) is 42.5 Å². The van der Waals surface area contributed by atoms with Gasteiger partial charge in [0.15, 0.2) is 29.6 Å². The minimum atomic E-state index is -0.594. The first-order valence-electron chi connectivity index (χ1n) is 15.5. The molecular weight excluding hydrogens is 663 g/mol. The Bertz CT molecular complexity index is 2210. The van der Waals surface area contributed by atoms with Gasteiger partial charge in [-0.25, -0.2) is 13.6 Å². The molecule has 3 aromatic carbocycles. The van der Waals surface area contributed by atoms with Crippen molar-refractivity contribution in [1.82, 2.24) is 19.3 Å². The molecular formula is C36H38FN6O8+. The first-order valence-corrected chi connectivity index (χ1v) is 15.5. The van der Waals surface area contributed by atoms with E-state index in [1.807, 2.05) is 14.1 Å². The average Bonchev–Trinajstić information content (AvgIpc) is 3.63. The quantitative estimate of drug-likeness (QED) is 0.0518. The normalized spacial score (nSPS) is 11.2. The van der Waals surface area contributed by atoms with E-state index in [-0.39, 0.29) is 40.2 Å². The molecule has 0 bridgehead atoms. The lowest BCUT2D eigenvalue weighted by Crippen LogP contribution is -2.41. The number of rotatable bonds is 13. The van der Waals surface area contributed by atoms with Crippen molar-refractivity contribution < 1.29 is 42.3 Å². The van der Waals surface area contributed by atoms with E-state index in [0.29, 0.717) is 50.9 Å². The molecule has 51 heavy (non-hydrogen) atoms. The van der Waals surface area contributed by atoms with Crippen LogP contribution in [0.4, 0.5) is 10.3 Å². The third kappa shape index (κ3) is 6.73. The van der Waals surface area contributed by atoms with Crippen molar-refractivity contribution in [3.63, 3.8) is 0 Å². The van der Waals surface area contributed by atoms with Crippen molar-refractivity contribution in [3.8, 4) is 51.8 Å². The summed E-state index contributed by atoms with van der Waals surface area (Å²) in [4.78, 5) is 30.0. The number of benzene rings is 3. The number of nitrogens with zero attached hydrogens (tertiary/aromatic N) is 6. The molecule has 0 atom stereocenters. The molecule has 2 heterocycles. The van der Waals surface area contributed by atoms with E-state index in [9.17, 15) is 19.3 Å². The number of hydrogen-bond acceptors (Lipinski definition) is 10. The third-order valence-corrected chi connectivity index (χ3v) is 8.35. The number of hydrogen-bond donors (Lipinski definition) is 0. The van der Waals surface area contributed by atoms with Crippen LogP contribution in [0.2, 0.25) is 0 Å². The Balaban J connectivity index is 1.68. The SMILES string of the molecule is CC#Cc1c(OC)ccc2c(C(=O)c3cc(OC)c(OC)c(OC)c3)nn(C[N+](C)(C)Cc3c(-c4cc(F)ccc4OC)nc([N+](=O)[O-])n3C)c12. The molecule has 266 valence electrons. The van der Waals surface area contributed by atoms with E-state index in [2.05, 4.69) is 16.8 Å². The molecule has 2 aromatic heterocycles. The fourth-order valence-corrected chi connectivity index (χ4v) is 6.05. The summed E-state index contributed by atoms with van der Waals surface area (Å²) in [6.07, 6.45) is 0. The number of imidazole rings is 1. The summed E-state index contributed by atoms with van der Waals surface area (Å²) >= 11 is 0. The molecule has 0 aliphatic heterocycles. The first kappa shape index (κ1) is 36.1. The predicted octanol–water partition coefficient (Wildman–Crippen LogP) is 5.36. The van der Waals surface area contributed by atoms with Gasteiger partial charge in [-0.3, -0.25) is 4.79 Å². The van der Waals surface area contributed by atoms with Gasteiger partial charge in [0.2, 0.25) is 11.5 Å². The van der Waals surface area contributed by atoms with Crippen LogP contribution in [-0.4, -0.2) is 84.2 Å². The standard InChI is InChI=1S/C36H38FN6O8/c1-10-11-23-27(47-5)15-13-24-32(34(44)21-16-29(49-7)35(51-9)30(17-21)50-8)39-41(33(23)24)20-43(3,4)19-26-31(38-36(40(26)2)42(45)46)25-18-22(37)12-14-28(25)48-6/h12-18H,19-20H2,1-9H3/q+1. The van der Waals surface area contributed by atoms with Gasteiger partial charge in [-0.2, -0.15) is 5.10 Å². The van der Waals surface area contributed by atoms with E-state index in [1.165, 1.54) is 65.4 Å². The van der Waals surface area contributed by atoms with Crippen molar-refractivity contribution in [1.29, 1.82) is 0 Å². The minimum absolute atomic E-state index is 0.141. The minimum Gasteiger partial charge on any atom is -0.496 e. The molecule has 0 unspecified atom stereocenters. The number of quaternary nitrogens is 1. The number of aromatic nitrogens is 4. The zero-order valence-corrected chi connectivity index (χ0v) is 29.8. The number of carbonyl (C=O) groups excluding carboxylic acids is 1. The smallest absolute Gasteiger partial charge is 0.435 e. The van der Waals surface area contributed by atoms with Crippen LogP contribution in [0.1, 0.15) is 34.2 Å². The van der Waals surface area contributed by atoms with Gasteiger partial charge in [0.1, 0.15) is 29.6 Å². The lowest BCUT2D eigenvalue weighted by atomic mass is 10.0. The molecule has 0 saturated heterocycles. The molecule has 0 radical (unpaired) electrons. The molecule has 15 heteroatoms. The van der Waals surface area contributed by atoms with Gasteiger partial charge in [0.25, 0.3) is 0 Å². The van der Waals surface area contributed by atoms with Crippen LogP contribution in [0.5, 0.6) is 28.7 Å². The van der Waals surface area contributed by atoms with Gasteiger partial charge in [0.05, 0.1) is 73.3 Å². The van der Waals surface area contributed by atoms with Gasteiger partial charge >= 0.3 is 5.95 Å². The Labute approximate surface area is 293 Å². The lowest BCUT2D eigenvalue weighted by Gasteiger charge is -2.29. The van der Waals surface area contributed by atoms with Gasteiger partial charge in [-0.1, -0.05) is 10.9 Å². The summed E-state index contributed by atoms with van der Waals surface area (Å²) in [6, 6.07) is 10.5. The highest BCUT2D eigenvalue weighted by molar-refractivity contribution is 6.16. The molecule has 5 rings (SSSR count). The summed E-state index contributed by atoms with van der Waals surface area (Å²) in [5.74, 6) is 6.39. The molecule has 0 aliphatic rings. The Morgan fingerprint density at radius 3 is 2.14 bits per heavy atom. The number of ketones is 1. The number of nitro groups is 1. The lowest BCUT2D eigenvalue weighted by molar-refractivity contribution is -0.926. The van der Waals surface area contributed by atoms with Crippen LogP contribution in [0.3, 0.4) is 0 Å². The second kappa shape index (κ2) is 14.4. The highest BCUT2D eigenvalue weighted by Crippen LogP contribution is 2.40. The zero-order chi connectivity index (χ0) is 37.2. The van der Waals surface area contributed by atoms with Crippen LogP contribution in [0.25, 0.3) is 22.2 Å². The highest BCUT2D eigenvalue weighted by Gasteiger charge is 2.34. The van der Waals surface area contributed by atoms with Crippen LogP contribution in [-0.2, 0) is 20.3 Å². The summed E-state index contributed by atoms with van der Waals surface area (Å²) < 4.78 is 45.3. The molecule has 0 amide bonds. The first-order chi connectivity index (χ1) is 24.3. The Morgan fingerprint density at radius 2 is 1.57 bits per heavy atom. The Hall–Kier alpha value is -6.14. The number of fused-ring (bicyclic) bond motifs is 1. The molecule has 14 nitrogen and oxygen atoms in total. The van der Waals surface area contributed by atoms with Crippen LogP contribution < -0.4 is 23.7 Å². The van der Waals surface area contributed by atoms with E-state index < -0.39 is 22.5 Å². The maximum absolute atomic E-state index is 14.5. The Kier molecular flexibility index (Phi) is 10.2. The largest absolute Gasteiger partial charge is 0.496 e. The fraction of sp³-hybridized carbons (Fsp3) is 0.306. The maximum Gasteiger partial charge on any atom is 0.435 e. The van der Waals surface area contributed by atoms with E-state index >= 15 is 0 Å². The molecule has 0 saturated carbocycles. The molecule has 0 fully saturated rings. The second-order valence-electron chi connectivity index (χ2n) is 12.1. The average molecular weight is 702 g/mol. The van der Waals surface area contributed by atoms with Gasteiger partial charge < -0.3 is 38.3 Å². The van der Waals surface area contributed by atoms with E-state index in [0.717, 1.165) is 0 Å². The number of methoxy groups -OCH3 is 5. The third-order valence-electron chi connectivity index (χ3n) is 8.35. The molecule has 0 aliphatic carbocycles. The maximum atomic E-state index is 14.5. The van der Waals surface area contributed by atoms with Gasteiger partial charge in [0, 0.05) is 10.9 Å². The summed E-state index contributed by atoms with van der Waals surface area (Å²) in [7, 11) is 12.7. The summed E-state index contributed by atoms with van der Waals surface area (Å²) in [5.41, 5.74) is 2.39. The van der Waals surface area contributed by atoms with Crippen LogP contribution >= 0.6 is 0 Å². The Morgan fingerprint density at radius 1 is 0.941 bits per heavy atom. The monoisotopic (exact) mass is 701 g/mol. The number of ether oxygens (including phenoxy) is 5. The number of carbonyl (C=O) groups is 1. The van der Waals surface area contributed by atoms with Gasteiger partial charge in [-0.05, 0) is 54.3 Å². The second-order valence-corrected chi connectivity index (χ2v) is 12.1. The van der Waals surface area contributed by atoms with E-state index in [4.69, 9.17) is 28.8 Å².